The molecule has 0 spiro atoms. The van der Waals surface area contributed by atoms with Crippen LogP contribution in [0.5, 0.6) is 0 Å². The fraction of sp³-hybridized carbons (Fsp3) is 0.957. The van der Waals surface area contributed by atoms with E-state index in [0.717, 1.165) is 19.3 Å². The number of unbranched alkanes of at least 4 members (excludes halogenated alkanes) is 13. The van der Waals surface area contributed by atoms with Gasteiger partial charge in [0.15, 0.2) is 0 Å². The van der Waals surface area contributed by atoms with Crippen LogP contribution in [0.15, 0.2) is 0 Å². The van der Waals surface area contributed by atoms with Crippen LogP contribution in [0, 0.1) is 0 Å². The molecule has 0 aliphatic carbocycles. The number of esters is 1. The quantitative estimate of drug-likeness (QED) is 0.189. The molecule has 1 atom stereocenters. The van der Waals surface area contributed by atoms with Gasteiger partial charge in [-0.15, -0.1) is 0 Å². The molecule has 0 amide bonds. The van der Waals surface area contributed by atoms with Crippen molar-refractivity contribution >= 4 is 5.97 Å². The number of hydrogen-bond donors (Lipinski definition) is 1. The van der Waals surface area contributed by atoms with Gasteiger partial charge in [0, 0.05) is 13.0 Å². The normalized spacial score (nSPS) is 12.3. The Morgan fingerprint density at radius 3 is 1.74 bits per heavy atom. The molecule has 0 saturated heterocycles. The molecule has 0 aromatic rings. The van der Waals surface area contributed by atoms with E-state index in [1.807, 2.05) is 0 Å². The van der Waals surface area contributed by atoms with Gasteiger partial charge in [-0.25, -0.2) is 0 Å². The SMILES string of the molecule is CCCCCCCCCCCCOCC(CO)OC(=O)CCCCCCC. The van der Waals surface area contributed by atoms with Gasteiger partial charge in [0.1, 0.15) is 6.10 Å². The number of aliphatic hydroxyl groups is 1. The summed E-state index contributed by atoms with van der Waals surface area (Å²) >= 11 is 0. The minimum absolute atomic E-state index is 0.167. The van der Waals surface area contributed by atoms with Crippen molar-refractivity contribution in [2.24, 2.45) is 0 Å². The maximum Gasteiger partial charge on any atom is 0.306 e. The molecule has 0 aromatic heterocycles. The van der Waals surface area contributed by atoms with Crippen LogP contribution in [-0.4, -0.2) is 37.0 Å². The van der Waals surface area contributed by atoms with Gasteiger partial charge >= 0.3 is 5.97 Å². The maximum atomic E-state index is 11.8. The highest BCUT2D eigenvalue weighted by Crippen LogP contribution is 2.11. The monoisotopic (exact) mass is 386 g/mol. The van der Waals surface area contributed by atoms with Gasteiger partial charge in [0.25, 0.3) is 0 Å². The summed E-state index contributed by atoms with van der Waals surface area (Å²) in [7, 11) is 0. The van der Waals surface area contributed by atoms with Crippen molar-refractivity contribution in [2.75, 3.05) is 19.8 Å². The van der Waals surface area contributed by atoms with E-state index in [1.165, 1.54) is 77.0 Å². The Kier molecular flexibility index (Phi) is 21.2. The van der Waals surface area contributed by atoms with E-state index in [2.05, 4.69) is 13.8 Å². The minimum atomic E-state index is -0.517. The van der Waals surface area contributed by atoms with Gasteiger partial charge in [0.2, 0.25) is 0 Å². The second kappa shape index (κ2) is 21.7. The second-order valence-corrected chi connectivity index (χ2v) is 7.72. The fourth-order valence-corrected chi connectivity index (χ4v) is 3.15. The molecule has 0 fully saturated rings. The molecule has 4 heteroatoms. The van der Waals surface area contributed by atoms with Crippen LogP contribution in [0.1, 0.15) is 117 Å². The molecule has 0 bridgehead atoms. The lowest BCUT2D eigenvalue weighted by molar-refractivity contribution is -0.154. The maximum absolute atomic E-state index is 11.8. The van der Waals surface area contributed by atoms with E-state index < -0.39 is 6.10 Å². The molecule has 0 aliphatic heterocycles. The average molecular weight is 387 g/mol. The van der Waals surface area contributed by atoms with E-state index in [1.54, 1.807) is 0 Å². The van der Waals surface area contributed by atoms with E-state index >= 15 is 0 Å². The Balaban J connectivity index is 3.43. The summed E-state index contributed by atoms with van der Waals surface area (Å²) in [5.41, 5.74) is 0. The standard InChI is InChI=1S/C23H46O4/c1-3-5-7-9-10-11-12-13-15-17-19-26-21-22(20-24)27-23(25)18-16-14-8-6-4-2/h22,24H,3-21H2,1-2H3. The lowest BCUT2D eigenvalue weighted by atomic mass is 10.1. The summed E-state index contributed by atoms with van der Waals surface area (Å²) in [6.07, 6.45) is 18.5. The lowest BCUT2D eigenvalue weighted by Gasteiger charge is -2.15. The van der Waals surface area contributed by atoms with E-state index in [-0.39, 0.29) is 12.6 Å². The van der Waals surface area contributed by atoms with E-state index in [0.29, 0.717) is 19.6 Å². The molecule has 1 N–H and O–H groups in total. The number of ether oxygens (including phenoxy) is 2. The summed E-state index contributed by atoms with van der Waals surface area (Å²) in [6, 6.07) is 0. The third-order valence-electron chi connectivity index (χ3n) is 4.93. The van der Waals surface area contributed by atoms with Gasteiger partial charge in [-0.2, -0.15) is 0 Å². The number of hydrogen-bond acceptors (Lipinski definition) is 4. The van der Waals surface area contributed by atoms with Gasteiger partial charge in [-0.3, -0.25) is 4.79 Å². The van der Waals surface area contributed by atoms with E-state index in [9.17, 15) is 9.90 Å². The molecule has 0 aromatic carbocycles. The first-order valence-corrected chi connectivity index (χ1v) is 11.6. The summed E-state index contributed by atoms with van der Waals surface area (Å²) in [4.78, 5) is 11.8. The van der Waals surface area contributed by atoms with Crippen molar-refractivity contribution in [3.8, 4) is 0 Å². The third-order valence-corrected chi connectivity index (χ3v) is 4.93. The van der Waals surface area contributed by atoms with Crippen molar-refractivity contribution in [1.29, 1.82) is 0 Å². The number of carbonyl (C=O) groups excluding carboxylic acids is 1. The molecule has 0 radical (unpaired) electrons. The van der Waals surface area contributed by atoms with Crippen LogP contribution in [0.4, 0.5) is 0 Å². The molecule has 4 nitrogen and oxygen atoms in total. The minimum Gasteiger partial charge on any atom is -0.457 e. The third kappa shape index (κ3) is 19.9. The lowest BCUT2D eigenvalue weighted by Crippen LogP contribution is -2.27. The molecular formula is C23H46O4. The van der Waals surface area contributed by atoms with Crippen molar-refractivity contribution in [1.82, 2.24) is 0 Å². The Morgan fingerprint density at radius 2 is 1.22 bits per heavy atom. The Bertz CT molecular complexity index is 307. The van der Waals surface area contributed by atoms with Crippen LogP contribution in [-0.2, 0) is 14.3 Å². The van der Waals surface area contributed by atoms with Crippen LogP contribution < -0.4 is 0 Å². The predicted molar refractivity (Wildman–Crippen MR) is 113 cm³/mol. The van der Waals surface area contributed by atoms with Crippen molar-refractivity contribution in [3.05, 3.63) is 0 Å². The van der Waals surface area contributed by atoms with Crippen LogP contribution in [0.2, 0.25) is 0 Å². The molecule has 1 unspecified atom stereocenters. The molecule has 162 valence electrons. The molecule has 0 saturated carbocycles. The van der Waals surface area contributed by atoms with Crippen LogP contribution >= 0.6 is 0 Å². The average Bonchev–Trinajstić information content (AvgIpc) is 2.67. The van der Waals surface area contributed by atoms with Crippen molar-refractivity contribution in [2.45, 2.75) is 123 Å². The smallest absolute Gasteiger partial charge is 0.306 e. The first-order valence-electron chi connectivity index (χ1n) is 11.6. The molecule has 0 heterocycles. The first kappa shape index (κ1) is 26.4. The molecule has 0 rings (SSSR count). The Morgan fingerprint density at radius 1 is 0.741 bits per heavy atom. The number of carbonyl (C=O) groups is 1. The summed E-state index contributed by atoms with van der Waals surface area (Å²) in [5.74, 6) is -0.215. The van der Waals surface area contributed by atoms with Gasteiger partial charge in [0.05, 0.1) is 13.2 Å². The van der Waals surface area contributed by atoms with Gasteiger partial charge < -0.3 is 14.6 Å². The largest absolute Gasteiger partial charge is 0.457 e. The topological polar surface area (TPSA) is 55.8 Å². The fourth-order valence-electron chi connectivity index (χ4n) is 3.15. The number of aliphatic hydroxyl groups excluding tert-OH is 1. The summed E-state index contributed by atoms with van der Waals surface area (Å²) in [6.45, 7) is 5.25. The van der Waals surface area contributed by atoms with Crippen molar-refractivity contribution < 1.29 is 19.4 Å². The Labute approximate surface area is 168 Å². The highest BCUT2D eigenvalue weighted by atomic mass is 16.6. The molecule has 0 aliphatic rings. The molecule has 27 heavy (non-hydrogen) atoms. The van der Waals surface area contributed by atoms with Crippen LogP contribution in [0.3, 0.4) is 0 Å². The summed E-state index contributed by atoms with van der Waals surface area (Å²) < 4.78 is 10.9. The summed E-state index contributed by atoms with van der Waals surface area (Å²) in [5, 5.41) is 9.34. The van der Waals surface area contributed by atoms with Crippen LogP contribution in [0.25, 0.3) is 0 Å². The first-order chi connectivity index (χ1) is 13.2. The zero-order chi connectivity index (χ0) is 20.0. The number of rotatable bonds is 21. The van der Waals surface area contributed by atoms with Gasteiger partial charge in [-0.05, 0) is 12.8 Å². The highest BCUT2D eigenvalue weighted by molar-refractivity contribution is 5.69. The van der Waals surface area contributed by atoms with Crippen molar-refractivity contribution in [3.63, 3.8) is 0 Å². The Hall–Kier alpha value is -0.610. The zero-order valence-electron chi connectivity index (χ0n) is 18.2. The van der Waals surface area contributed by atoms with Gasteiger partial charge in [-0.1, -0.05) is 97.3 Å². The predicted octanol–water partition coefficient (Wildman–Crippen LogP) is 6.19. The van der Waals surface area contributed by atoms with E-state index in [4.69, 9.17) is 9.47 Å². The highest BCUT2D eigenvalue weighted by Gasteiger charge is 2.13. The second-order valence-electron chi connectivity index (χ2n) is 7.72. The molecular weight excluding hydrogens is 340 g/mol. The zero-order valence-corrected chi connectivity index (χ0v) is 18.2.